The van der Waals surface area contributed by atoms with E-state index < -0.39 is 0 Å². The summed E-state index contributed by atoms with van der Waals surface area (Å²) in [6.07, 6.45) is 3.31. The number of aromatic hydroxyl groups is 1. The molecule has 2 aromatic carbocycles. The largest absolute Gasteiger partial charge is 0.508 e. The van der Waals surface area contributed by atoms with E-state index in [1.807, 2.05) is 12.1 Å². The van der Waals surface area contributed by atoms with Crippen LogP contribution in [0.25, 0.3) is 11.0 Å². The number of rotatable bonds is 3. The summed E-state index contributed by atoms with van der Waals surface area (Å²) >= 11 is 0. The topological polar surface area (TPSA) is 38.1 Å². The summed E-state index contributed by atoms with van der Waals surface area (Å²) in [5.41, 5.74) is 4.77. The van der Waals surface area contributed by atoms with Gasteiger partial charge in [0.1, 0.15) is 11.6 Å². The molecule has 3 nitrogen and oxygen atoms in total. The summed E-state index contributed by atoms with van der Waals surface area (Å²) in [6.45, 7) is 2.11. The van der Waals surface area contributed by atoms with Crippen LogP contribution in [-0.2, 0) is 6.42 Å². The minimum atomic E-state index is 0.310. The van der Waals surface area contributed by atoms with Crippen LogP contribution in [0, 0.1) is 6.92 Å². The average Bonchev–Trinajstić information content (AvgIpc) is 3.23. The molecule has 1 fully saturated rings. The fraction of sp³-hybridized carbons (Fsp3) is 0.278. The quantitative estimate of drug-likeness (QED) is 0.787. The Morgan fingerprint density at radius 3 is 2.62 bits per heavy atom. The van der Waals surface area contributed by atoms with E-state index in [0.29, 0.717) is 11.8 Å². The maximum atomic E-state index is 9.40. The summed E-state index contributed by atoms with van der Waals surface area (Å²) in [6, 6.07) is 14.5. The molecule has 0 saturated heterocycles. The lowest BCUT2D eigenvalue weighted by Gasteiger charge is -2.08. The van der Waals surface area contributed by atoms with E-state index in [2.05, 4.69) is 29.7 Å². The molecule has 106 valence electrons. The zero-order valence-electron chi connectivity index (χ0n) is 12.1. The lowest BCUT2D eigenvalue weighted by atomic mass is 10.1. The Bertz CT molecular complexity index is 798. The van der Waals surface area contributed by atoms with Gasteiger partial charge >= 0.3 is 0 Å². The smallest absolute Gasteiger partial charge is 0.115 e. The molecule has 1 heterocycles. The van der Waals surface area contributed by atoms with Crippen molar-refractivity contribution in [3.8, 4) is 5.75 Å². The van der Waals surface area contributed by atoms with E-state index in [-0.39, 0.29) is 0 Å². The van der Waals surface area contributed by atoms with Crippen molar-refractivity contribution in [1.29, 1.82) is 0 Å². The van der Waals surface area contributed by atoms with Crippen LogP contribution in [0.5, 0.6) is 5.75 Å². The number of nitrogens with zero attached hydrogens (tertiary/aromatic N) is 2. The molecule has 1 aromatic heterocycles. The molecule has 0 aliphatic heterocycles. The normalized spacial score (nSPS) is 14.7. The van der Waals surface area contributed by atoms with E-state index >= 15 is 0 Å². The highest BCUT2D eigenvalue weighted by atomic mass is 16.3. The lowest BCUT2D eigenvalue weighted by molar-refractivity contribution is 0.475. The van der Waals surface area contributed by atoms with Gasteiger partial charge in [0.25, 0.3) is 0 Å². The first-order valence-electron chi connectivity index (χ1n) is 7.46. The van der Waals surface area contributed by atoms with Gasteiger partial charge < -0.3 is 9.67 Å². The van der Waals surface area contributed by atoms with Crippen LogP contribution in [0.1, 0.15) is 35.8 Å². The molecular formula is C18H18N2O. The Kier molecular flexibility index (Phi) is 2.74. The Balaban J connectivity index is 1.79. The van der Waals surface area contributed by atoms with Gasteiger partial charge in [-0.05, 0) is 55.2 Å². The Hall–Kier alpha value is -2.29. The molecule has 3 heteroatoms. The molecule has 4 rings (SSSR count). The van der Waals surface area contributed by atoms with Gasteiger partial charge in [0.2, 0.25) is 0 Å². The predicted molar refractivity (Wildman–Crippen MR) is 83.7 cm³/mol. The van der Waals surface area contributed by atoms with E-state index in [1.165, 1.54) is 29.5 Å². The minimum absolute atomic E-state index is 0.310. The number of imidazole rings is 1. The third-order valence-electron chi connectivity index (χ3n) is 4.13. The van der Waals surface area contributed by atoms with Crippen LogP contribution < -0.4 is 0 Å². The van der Waals surface area contributed by atoms with Gasteiger partial charge in [-0.1, -0.05) is 18.2 Å². The highest BCUT2D eigenvalue weighted by Gasteiger charge is 2.28. The fourth-order valence-electron chi connectivity index (χ4n) is 2.92. The number of phenols is 1. The van der Waals surface area contributed by atoms with Crippen molar-refractivity contribution in [2.45, 2.75) is 32.2 Å². The first kappa shape index (κ1) is 12.5. The summed E-state index contributed by atoms with van der Waals surface area (Å²) in [5.74, 6) is 1.44. The monoisotopic (exact) mass is 278 g/mol. The summed E-state index contributed by atoms with van der Waals surface area (Å²) in [7, 11) is 0. The predicted octanol–water partition coefficient (Wildman–Crippen LogP) is 3.98. The van der Waals surface area contributed by atoms with Gasteiger partial charge in [-0.25, -0.2) is 4.98 Å². The van der Waals surface area contributed by atoms with Crippen molar-refractivity contribution in [1.82, 2.24) is 9.55 Å². The molecule has 0 unspecified atom stereocenters. The van der Waals surface area contributed by atoms with Crippen molar-refractivity contribution in [3.63, 3.8) is 0 Å². The number of hydrogen-bond acceptors (Lipinski definition) is 2. The molecule has 0 radical (unpaired) electrons. The summed E-state index contributed by atoms with van der Waals surface area (Å²) < 4.78 is 2.40. The fourth-order valence-corrected chi connectivity index (χ4v) is 2.92. The Morgan fingerprint density at radius 1 is 1.14 bits per heavy atom. The van der Waals surface area contributed by atoms with Crippen LogP contribution in [-0.4, -0.2) is 14.7 Å². The molecule has 1 aliphatic carbocycles. The van der Waals surface area contributed by atoms with Crippen molar-refractivity contribution in [3.05, 3.63) is 59.4 Å². The molecule has 0 amide bonds. The van der Waals surface area contributed by atoms with E-state index in [4.69, 9.17) is 4.98 Å². The van der Waals surface area contributed by atoms with Crippen LogP contribution in [0.15, 0.2) is 42.5 Å². The van der Waals surface area contributed by atoms with E-state index in [1.54, 1.807) is 12.1 Å². The first-order valence-corrected chi connectivity index (χ1v) is 7.46. The van der Waals surface area contributed by atoms with Gasteiger partial charge in [-0.15, -0.1) is 0 Å². The molecule has 1 N–H and O–H groups in total. The SMILES string of the molecule is Cc1ccc2c(c1)nc(Cc1ccc(O)cc1)n2C1CC1. The molecule has 3 aromatic rings. The van der Waals surface area contributed by atoms with Crippen molar-refractivity contribution >= 4 is 11.0 Å². The van der Waals surface area contributed by atoms with Gasteiger partial charge in [-0.3, -0.25) is 0 Å². The van der Waals surface area contributed by atoms with E-state index in [9.17, 15) is 5.11 Å². The number of fused-ring (bicyclic) bond motifs is 1. The molecular weight excluding hydrogens is 260 g/mol. The number of hydrogen-bond donors (Lipinski definition) is 1. The number of benzene rings is 2. The molecule has 0 spiro atoms. The zero-order chi connectivity index (χ0) is 14.4. The third-order valence-corrected chi connectivity index (χ3v) is 4.13. The maximum absolute atomic E-state index is 9.40. The van der Waals surface area contributed by atoms with Crippen molar-refractivity contribution in [2.24, 2.45) is 0 Å². The second-order valence-corrected chi connectivity index (χ2v) is 5.96. The Labute approximate surface area is 123 Å². The number of aromatic nitrogens is 2. The molecule has 0 atom stereocenters. The summed E-state index contributed by atoms with van der Waals surface area (Å²) in [5, 5.41) is 9.40. The third kappa shape index (κ3) is 2.29. The van der Waals surface area contributed by atoms with Crippen LogP contribution in [0.2, 0.25) is 0 Å². The Morgan fingerprint density at radius 2 is 1.90 bits per heavy atom. The molecule has 1 saturated carbocycles. The lowest BCUT2D eigenvalue weighted by Crippen LogP contribution is -2.02. The van der Waals surface area contributed by atoms with Crippen molar-refractivity contribution in [2.75, 3.05) is 0 Å². The number of aryl methyl sites for hydroxylation is 1. The minimum Gasteiger partial charge on any atom is -0.508 e. The second-order valence-electron chi connectivity index (χ2n) is 5.96. The van der Waals surface area contributed by atoms with Crippen LogP contribution in [0.3, 0.4) is 0 Å². The van der Waals surface area contributed by atoms with Gasteiger partial charge in [0.05, 0.1) is 11.0 Å². The highest BCUT2D eigenvalue weighted by Crippen LogP contribution is 2.39. The van der Waals surface area contributed by atoms with Crippen LogP contribution in [0.4, 0.5) is 0 Å². The first-order chi connectivity index (χ1) is 10.2. The van der Waals surface area contributed by atoms with Crippen LogP contribution >= 0.6 is 0 Å². The second kappa shape index (κ2) is 4.62. The van der Waals surface area contributed by atoms with Crippen molar-refractivity contribution < 1.29 is 5.11 Å². The van der Waals surface area contributed by atoms with E-state index in [0.717, 1.165) is 17.8 Å². The van der Waals surface area contributed by atoms with Gasteiger partial charge in [0, 0.05) is 12.5 Å². The average molecular weight is 278 g/mol. The summed E-state index contributed by atoms with van der Waals surface area (Å²) in [4.78, 5) is 4.85. The molecule has 0 bridgehead atoms. The maximum Gasteiger partial charge on any atom is 0.115 e. The van der Waals surface area contributed by atoms with Gasteiger partial charge in [0.15, 0.2) is 0 Å². The standard InChI is InChI=1S/C18H18N2O/c1-12-2-9-17-16(10-12)19-18(20(17)14-5-6-14)11-13-3-7-15(21)8-4-13/h2-4,7-10,14,21H,5-6,11H2,1H3. The molecule has 21 heavy (non-hydrogen) atoms. The zero-order valence-corrected chi connectivity index (χ0v) is 12.1. The number of phenolic OH excluding ortho intramolecular Hbond substituents is 1. The molecule has 1 aliphatic rings. The highest BCUT2D eigenvalue weighted by molar-refractivity contribution is 5.77. The van der Waals surface area contributed by atoms with Gasteiger partial charge in [-0.2, -0.15) is 0 Å².